The Kier molecular flexibility index (Phi) is 11.4. The van der Waals surface area contributed by atoms with E-state index in [1.54, 1.807) is 0 Å². The van der Waals surface area contributed by atoms with Crippen molar-refractivity contribution in [3.05, 3.63) is 0 Å². The van der Waals surface area contributed by atoms with Crippen LogP contribution in [0.5, 0.6) is 0 Å². The Balaban J connectivity index is 4.32. The average molecular weight is 335 g/mol. The van der Waals surface area contributed by atoms with Crippen LogP contribution < -0.4 is 0 Å². The summed E-state index contributed by atoms with van der Waals surface area (Å²) in [4.78, 5) is 0. The zero-order chi connectivity index (χ0) is 12.3. The monoisotopic (exact) mass is 336 g/mol. The summed E-state index contributed by atoms with van der Waals surface area (Å²) in [5.74, 6) is 0. The van der Waals surface area contributed by atoms with Crippen LogP contribution in [0.1, 0.15) is 78.6 Å². The maximum absolute atomic E-state index is 6.23. The maximum atomic E-state index is 6.23. The Morgan fingerprint density at radius 3 is 1.44 bits per heavy atom. The zero-order valence-electron chi connectivity index (χ0n) is 12.0. The second kappa shape index (κ2) is 10.9. The molecule has 0 aliphatic heterocycles. The third-order valence-electron chi connectivity index (χ3n) is 3.41. The van der Waals surface area contributed by atoms with Crippen molar-refractivity contribution in [2.75, 3.05) is 4.62 Å². The van der Waals surface area contributed by atoms with Crippen LogP contribution in [0, 0.1) is 0 Å². The third kappa shape index (κ3) is 7.16. The fourth-order valence-corrected chi connectivity index (χ4v) is 4.14. The molecule has 0 unspecified atom stereocenters. The molecule has 0 aromatic rings. The van der Waals surface area contributed by atoms with Crippen molar-refractivity contribution in [2.24, 2.45) is 0 Å². The van der Waals surface area contributed by atoms with Gasteiger partial charge in [-0.1, -0.05) is 0 Å². The Hall–Kier alpha value is 0.759. The van der Waals surface area contributed by atoms with Crippen LogP contribution in [0.2, 0.25) is 0 Å². The van der Waals surface area contributed by atoms with E-state index in [1.165, 1.54) is 57.8 Å². The van der Waals surface area contributed by atoms with Gasteiger partial charge in [-0.3, -0.25) is 0 Å². The summed E-state index contributed by atoms with van der Waals surface area (Å²) in [6.07, 6.45) is 11.8. The molecule has 0 heterocycles. The van der Waals surface area contributed by atoms with E-state index in [-0.39, 0.29) is 5.60 Å². The van der Waals surface area contributed by atoms with Gasteiger partial charge < -0.3 is 0 Å². The van der Waals surface area contributed by atoms with E-state index < -0.39 is 0 Å². The second-order valence-electron chi connectivity index (χ2n) is 4.93. The van der Waals surface area contributed by atoms with Crippen LogP contribution in [0.4, 0.5) is 0 Å². The standard InChI is InChI=1S/C14H29O.Sn.3H/c1-5-8-11-14(15-4,12-9-6-2)13-10-7-3;;;;/h4-13H2,1-3H3;;;;. The van der Waals surface area contributed by atoms with E-state index in [1.807, 2.05) is 0 Å². The van der Waals surface area contributed by atoms with Crippen LogP contribution >= 0.6 is 0 Å². The summed E-state index contributed by atoms with van der Waals surface area (Å²) in [5.41, 5.74) is 0.258. The minimum atomic E-state index is 0.258. The Labute approximate surface area is 116 Å². The van der Waals surface area contributed by atoms with E-state index >= 15 is 0 Å². The van der Waals surface area contributed by atoms with Crippen molar-refractivity contribution >= 4 is 22.5 Å². The van der Waals surface area contributed by atoms with Crippen molar-refractivity contribution in [1.82, 2.24) is 0 Å². The normalized spacial score (nSPS) is 12.2. The number of hydrogen-bond acceptors (Lipinski definition) is 1. The van der Waals surface area contributed by atoms with Crippen LogP contribution in [0.3, 0.4) is 0 Å². The van der Waals surface area contributed by atoms with E-state index in [0.29, 0.717) is 22.5 Å². The Morgan fingerprint density at radius 1 is 0.812 bits per heavy atom. The van der Waals surface area contributed by atoms with Gasteiger partial charge in [-0.15, -0.1) is 0 Å². The van der Waals surface area contributed by atoms with Crippen LogP contribution in [-0.2, 0) is 4.74 Å². The van der Waals surface area contributed by atoms with Gasteiger partial charge in [-0.05, 0) is 0 Å². The average Bonchev–Trinajstić information content (AvgIpc) is 2.31. The van der Waals surface area contributed by atoms with Crippen molar-refractivity contribution in [2.45, 2.75) is 84.2 Å². The fourth-order valence-electron chi connectivity index (χ4n) is 2.39. The van der Waals surface area contributed by atoms with Gasteiger partial charge in [0.2, 0.25) is 0 Å². The van der Waals surface area contributed by atoms with Gasteiger partial charge in [0, 0.05) is 0 Å². The van der Waals surface area contributed by atoms with Crippen molar-refractivity contribution in [1.29, 1.82) is 0 Å². The van der Waals surface area contributed by atoms with E-state index in [0.717, 1.165) is 4.62 Å². The minimum absolute atomic E-state index is 0.258. The zero-order valence-corrected chi connectivity index (χ0v) is 17.7. The summed E-state index contributed by atoms with van der Waals surface area (Å²) < 4.78 is 7.31. The predicted molar refractivity (Wildman–Crippen MR) is 77.2 cm³/mol. The number of ether oxygens (including phenoxy) is 1. The van der Waals surface area contributed by atoms with Gasteiger partial charge in [0.25, 0.3) is 0 Å². The van der Waals surface area contributed by atoms with Crippen LogP contribution in [-0.4, -0.2) is 32.7 Å². The van der Waals surface area contributed by atoms with Gasteiger partial charge in [0.05, 0.1) is 0 Å². The molecule has 0 amide bonds. The van der Waals surface area contributed by atoms with Gasteiger partial charge in [-0.2, -0.15) is 0 Å². The molecule has 0 aromatic heterocycles. The van der Waals surface area contributed by atoms with Crippen molar-refractivity contribution in [3.63, 3.8) is 0 Å². The van der Waals surface area contributed by atoms with Gasteiger partial charge >= 0.3 is 116 Å². The molecule has 1 nitrogen and oxygen atoms in total. The number of hydrogen-bond donors (Lipinski definition) is 0. The first kappa shape index (κ1) is 16.8. The fraction of sp³-hybridized carbons (Fsp3) is 1.00. The summed E-state index contributed by atoms with van der Waals surface area (Å²) in [6, 6.07) is 0. The molecule has 16 heavy (non-hydrogen) atoms. The molecule has 0 saturated heterocycles. The second-order valence-corrected chi connectivity index (χ2v) is 6.57. The SMILES string of the molecule is CCCCC(CCCC)(CCCC)O[CH2][SnH3]. The topological polar surface area (TPSA) is 9.23 Å². The first-order valence-electron chi connectivity index (χ1n) is 7.38. The molecule has 0 aliphatic carbocycles. The summed E-state index contributed by atoms with van der Waals surface area (Å²) in [7, 11) is 0. The molecule has 0 bridgehead atoms. The van der Waals surface area contributed by atoms with E-state index in [4.69, 9.17) is 4.74 Å². The summed E-state index contributed by atoms with van der Waals surface area (Å²) >= 11 is 0.680. The summed E-state index contributed by atoms with van der Waals surface area (Å²) in [6.45, 7) is 6.86. The molecule has 0 rings (SSSR count). The Bertz CT molecular complexity index is 126. The van der Waals surface area contributed by atoms with E-state index in [9.17, 15) is 0 Å². The van der Waals surface area contributed by atoms with Crippen molar-refractivity contribution < 1.29 is 4.74 Å². The quantitative estimate of drug-likeness (QED) is 0.524. The molecule has 0 saturated carbocycles. The first-order valence-corrected chi connectivity index (χ1v) is 11.4. The van der Waals surface area contributed by atoms with Crippen LogP contribution in [0.15, 0.2) is 0 Å². The molecule has 0 aromatic carbocycles. The predicted octanol–water partition coefficient (Wildman–Crippen LogP) is 3.64. The van der Waals surface area contributed by atoms with Gasteiger partial charge in [-0.25, -0.2) is 0 Å². The van der Waals surface area contributed by atoms with E-state index in [2.05, 4.69) is 20.8 Å². The number of unbranched alkanes of at least 4 members (excludes halogenated alkanes) is 3. The molecular weight excluding hydrogens is 303 g/mol. The van der Waals surface area contributed by atoms with Crippen molar-refractivity contribution in [3.8, 4) is 0 Å². The molecular formula is C14H32OSn. The molecule has 0 spiro atoms. The third-order valence-corrected chi connectivity index (χ3v) is 4.23. The van der Waals surface area contributed by atoms with Gasteiger partial charge in [0.15, 0.2) is 0 Å². The molecule has 0 N–H and O–H groups in total. The molecule has 0 aliphatic rings. The van der Waals surface area contributed by atoms with Gasteiger partial charge in [0.1, 0.15) is 0 Å². The van der Waals surface area contributed by atoms with Crippen LogP contribution in [0.25, 0.3) is 0 Å². The molecule has 2 heteroatoms. The summed E-state index contributed by atoms with van der Waals surface area (Å²) in [5, 5.41) is 0. The Morgan fingerprint density at radius 2 is 1.19 bits per heavy atom. The molecule has 0 radical (unpaired) electrons. The molecule has 98 valence electrons. The first-order chi connectivity index (χ1) is 7.74. The molecule has 0 fully saturated rings. The number of rotatable bonds is 11. The molecule has 0 atom stereocenters.